The summed E-state index contributed by atoms with van der Waals surface area (Å²) in [6.07, 6.45) is 6.90. The van der Waals surface area contributed by atoms with Gasteiger partial charge in [0, 0.05) is 51.2 Å². The number of likely N-dealkylation sites (tertiary alicyclic amines) is 1. The molecule has 2 saturated heterocycles. The molecule has 2 aliphatic rings. The van der Waals surface area contributed by atoms with Gasteiger partial charge < -0.3 is 9.47 Å². The fraction of sp³-hybridized carbons (Fsp3) is 0.786. The van der Waals surface area contributed by atoms with E-state index in [0.717, 1.165) is 32.7 Å². The van der Waals surface area contributed by atoms with Crippen molar-refractivity contribution in [1.29, 1.82) is 0 Å². The molecule has 3 atom stereocenters. The summed E-state index contributed by atoms with van der Waals surface area (Å²) in [4.78, 5) is 2.50. The van der Waals surface area contributed by atoms with Gasteiger partial charge in [-0.15, -0.1) is 0 Å². The fourth-order valence-corrected chi connectivity index (χ4v) is 3.33. The van der Waals surface area contributed by atoms with Gasteiger partial charge in [-0.3, -0.25) is 9.58 Å². The van der Waals surface area contributed by atoms with E-state index >= 15 is 0 Å². The zero-order valence-corrected chi connectivity index (χ0v) is 11.8. The van der Waals surface area contributed by atoms with Crippen molar-refractivity contribution in [2.24, 2.45) is 7.05 Å². The number of ether oxygens (including phenoxy) is 2. The predicted octanol–water partition coefficient (Wildman–Crippen LogP) is 1.19. The molecule has 0 saturated carbocycles. The van der Waals surface area contributed by atoms with Crippen LogP contribution in [0.25, 0.3) is 0 Å². The first-order valence-electron chi connectivity index (χ1n) is 7.22. The van der Waals surface area contributed by atoms with Crippen molar-refractivity contribution in [3.63, 3.8) is 0 Å². The lowest BCUT2D eigenvalue weighted by Crippen LogP contribution is -2.41. The highest BCUT2D eigenvalue weighted by molar-refractivity contribution is 5.07. The lowest BCUT2D eigenvalue weighted by atomic mass is 10.0. The predicted molar refractivity (Wildman–Crippen MR) is 71.8 cm³/mol. The molecule has 0 aliphatic carbocycles. The van der Waals surface area contributed by atoms with Crippen molar-refractivity contribution in [3.8, 4) is 0 Å². The van der Waals surface area contributed by atoms with E-state index in [4.69, 9.17) is 9.47 Å². The number of hydrogen-bond acceptors (Lipinski definition) is 4. The number of aromatic nitrogens is 2. The van der Waals surface area contributed by atoms with Crippen LogP contribution in [-0.4, -0.2) is 52.7 Å². The van der Waals surface area contributed by atoms with Crippen LogP contribution in [0.15, 0.2) is 12.4 Å². The maximum atomic E-state index is 5.95. The van der Waals surface area contributed by atoms with Crippen LogP contribution in [0, 0.1) is 0 Å². The van der Waals surface area contributed by atoms with Crippen molar-refractivity contribution in [2.75, 3.05) is 19.8 Å². The summed E-state index contributed by atoms with van der Waals surface area (Å²) < 4.78 is 13.7. The van der Waals surface area contributed by atoms with Crippen LogP contribution in [0.5, 0.6) is 0 Å². The molecule has 1 aromatic heterocycles. The highest BCUT2D eigenvalue weighted by Crippen LogP contribution is 2.31. The van der Waals surface area contributed by atoms with E-state index in [9.17, 15) is 0 Å². The summed E-state index contributed by atoms with van der Waals surface area (Å²) in [6.45, 7) is 5.62. The van der Waals surface area contributed by atoms with Crippen LogP contribution >= 0.6 is 0 Å². The van der Waals surface area contributed by atoms with E-state index in [1.165, 1.54) is 12.0 Å². The molecule has 3 rings (SSSR count). The smallest absolute Gasteiger partial charge is 0.100 e. The van der Waals surface area contributed by atoms with E-state index in [-0.39, 0.29) is 12.2 Å². The van der Waals surface area contributed by atoms with Gasteiger partial charge in [0.25, 0.3) is 0 Å². The Kier molecular flexibility index (Phi) is 3.86. The number of aryl methyl sites for hydroxylation is 1. The summed E-state index contributed by atoms with van der Waals surface area (Å²) in [5.41, 5.74) is 1.27. The van der Waals surface area contributed by atoms with Gasteiger partial charge in [0.1, 0.15) is 6.10 Å². The van der Waals surface area contributed by atoms with Crippen LogP contribution in [0.3, 0.4) is 0 Å². The quantitative estimate of drug-likeness (QED) is 0.820. The Morgan fingerprint density at radius 3 is 3.16 bits per heavy atom. The van der Waals surface area contributed by atoms with Crippen molar-refractivity contribution < 1.29 is 9.47 Å². The largest absolute Gasteiger partial charge is 0.374 e. The molecule has 0 radical (unpaired) electrons. The number of rotatable bonds is 4. The van der Waals surface area contributed by atoms with Crippen LogP contribution in [0.1, 0.15) is 25.3 Å². The van der Waals surface area contributed by atoms with E-state index < -0.39 is 0 Å². The van der Waals surface area contributed by atoms with Gasteiger partial charge in [0.05, 0.1) is 12.3 Å². The number of nitrogens with zero attached hydrogens (tertiary/aromatic N) is 3. The average molecular weight is 265 g/mol. The standard InChI is InChI=1S/C14H23N3O2/c1-3-18-13-10-17(9-11-7-15-16(2)8-11)12-5-4-6-19-14(12)13/h7-8,12-14H,3-6,9-10H2,1-2H3/t12-,13+,14+/m1/s1. The third-order valence-corrected chi connectivity index (χ3v) is 4.11. The molecule has 0 aromatic carbocycles. The van der Waals surface area contributed by atoms with Crippen molar-refractivity contribution in [3.05, 3.63) is 18.0 Å². The van der Waals surface area contributed by atoms with E-state index in [1.807, 2.05) is 17.9 Å². The van der Waals surface area contributed by atoms with Gasteiger partial charge in [-0.05, 0) is 19.8 Å². The zero-order valence-electron chi connectivity index (χ0n) is 11.8. The third kappa shape index (κ3) is 2.68. The van der Waals surface area contributed by atoms with Gasteiger partial charge in [0.15, 0.2) is 0 Å². The molecule has 0 amide bonds. The molecular formula is C14H23N3O2. The van der Waals surface area contributed by atoms with Crippen molar-refractivity contribution in [2.45, 2.75) is 44.6 Å². The zero-order chi connectivity index (χ0) is 13.2. The third-order valence-electron chi connectivity index (χ3n) is 4.11. The summed E-state index contributed by atoms with van der Waals surface area (Å²) in [5.74, 6) is 0. The van der Waals surface area contributed by atoms with Gasteiger partial charge in [-0.1, -0.05) is 0 Å². The minimum atomic E-state index is 0.229. The Morgan fingerprint density at radius 1 is 1.53 bits per heavy atom. The maximum Gasteiger partial charge on any atom is 0.100 e. The van der Waals surface area contributed by atoms with E-state index in [2.05, 4.69) is 23.1 Å². The van der Waals surface area contributed by atoms with Crippen LogP contribution < -0.4 is 0 Å². The molecule has 2 fully saturated rings. The molecule has 2 aliphatic heterocycles. The monoisotopic (exact) mass is 265 g/mol. The molecule has 0 unspecified atom stereocenters. The molecule has 5 nitrogen and oxygen atoms in total. The summed E-state index contributed by atoms with van der Waals surface area (Å²) in [5, 5.41) is 4.25. The second-order valence-corrected chi connectivity index (χ2v) is 5.49. The van der Waals surface area contributed by atoms with Gasteiger partial charge in [-0.25, -0.2) is 0 Å². The van der Waals surface area contributed by atoms with E-state index in [0.29, 0.717) is 6.04 Å². The van der Waals surface area contributed by atoms with E-state index in [1.54, 1.807) is 0 Å². The Labute approximate surface area is 114 Å². The summed E-state index contributed by atoms with van der Waals surface area (Å²) in [6, 6.07) is 0.505. The normalized spacial score (nSPS) is 31.6. The fourth-order valence-electron chi connectivity index (χ4n) is 3.33. The van der Waals surface area contributed by atoms with Crippen LogP contribution in [0.2, 0.25) is 0 Å². The van der Waals surface area contributed by atoms with Crippen LogP contribution in [0.4, 0.5) is 0 Å². The molecule has 0 bridgehead atoms. The number of hydrogen-bond donors (Lipinski definition) is 0. The second kappa shape index (κ2) is 5.61. The lowest BCUT2D eigenvalue weighted by molar-refractivity contribution is -0.0749. The first-order chi connectivity index (χ1) is 9.28. The Hall–Kier alpha value is -0.910. The highest BCUT2D eigenvalue weighted by Gasteiger charge is 2.44. The molecule has 0 spiro atoms. The molecule has 0 N–H and O–H groups in total. The Bertz CT molecular complexity index is 421. The molecule has 106 valence electrons. The van der Waals surface area contributed by atoms with Gasteiger partial charge in [0.2, 0.25) is 0 Å². The van der Waals surface area contributed by atoms with Crippen molar-refractivity contribution >= 4 is 0 Å². The molecule has 19 heavy (non-hydrogen) atoms. The second-order valence-electron chi connectivity index (χ2n) is 5.49. The SMILES string of the molecule is CCO[C@H]1CN(Cc2cnn(C)c2)[C@@H]2CCCO[C@H]12. The molecular weight excluding hydrogens is 242 g/mol. The van der Waals surface area contributed by atoms with Gasteiger partial charge >= 0.3 is 0 Å². The Balaban J connectivity index is 1.70. The topological polar surface area (TPSA) is 39.5 Å². The molecule has 1 aromatic rings. The minimum absolute atomic E-state index is 0.229. The molecule has 5 heteroatoms. The lowest BCUT2D eigenvalue weighted by Gasteiger charge is -2.32. The summed E-state index contributed by atoms with van der Waals surface area (Å²) >= 11 is 0. The van der Waals surface area contributed by atoms with Crippen molar-refractivity contribution in [1.82, 2.24) is 14.7 Å². The summed E-state index contributed by atoms with van der Waals surface area (Å²) in [7, 11) is 1.96. The minimum Gasteiger partial charge on any atom is -0.374 e. The first kappa shape index (κ1) is 13.1. The maximum absolute atomic E-state index is 5.95. The van der Waals surface area contributed by atoms with Crippen LogP contribution in [-0.2, 0) is 23.1 Å². The molecule has 3 heterocycles. The number of fused-ring (bicyclic) bond motifs is 1. The average Bonchev–Trinajstić information content (AvgIpc) is 2.97. The Morgan fingerprint density at radius 2 is 2.42 bits per heavy atom. The highest BCUT2D eigenvalue weighted by atomic mass is 16.5. The first-order valence-corrected chi connectivity index (χ1v) is 7.22. The van der Waals surface area contributed by atoms with Gasteiger partial charge in [-0.2, -0.15) is 5.10 Å².